The number of aryl methyl sites for hydroxylation is 4. The Morgan fingerprint density at radius 1 is 0.870 bits per heavy atom. The van der Waals surface area contributed by atoms with E-state index in [1.165, 1.54) is 39.6 Å². The van der Waals surface area contributed by atoms with Crippen molar-refractivity contribution >= 4 is 0 Å². The van der Waals surface area contributed by atoms with Gasteiger partial charge in [0.05, 0.1) is 0 Å². The van der Waals surface area contributed by atoms with Gasteiger partial charge in [0.2, 0.25) is 5.69 Å². The van der Waals surface area contributed by atoms with E-state index in [9.17, 15) is 0 Å². The van der Waals surface area contributed by atoms with Crippen LogP contribution in [0.2, 0.25) is 0 Å². The Morgan fingerprint density at radius 2 is 1.57 bits per heavy atom. The summed E-state index contributed by atoms with van der Waals surface area (Å²) in [5.74, 6) is 0. The van der Waals surface area contributed by atoms with E-state index in [-0.39, 0.29) is 0 Å². The SMILES string of the molecule is Cc1cc(C)c(-c2cccc[n+]2C)[n+](C)c1-c1ccc(C)n1C. The first-order chi connectivity index (χ1) is 10.9. The van der Waals surface area contributed by atoms with Crippen LogP contribution in [0.25, 0.3) is 22.8 Å². The smallest absolute Gasteiger partial charge is 0.280 e. The molecule has 0 amide bonds. The molecule has 0 fully saturated rings. The van der Waals surface area contributed by atoms with Crippen LogP contribution in [0.3, 0.4) is 0 Å². The maximum absolute atomic E-state index is 2.33. The van der Waals surface area contributed by atoms with Crippen molar-refractivity contribution in [1.29, 1.82) is 0 Å². The van der Waals surface area contributed by atoms with Crippen molar-refractivity contribution < 1.29 is 9.13 Å². The maximum atomic E-state index is 2.33. The molecule has 3 heterocycles. The van der Waals surface area contributed by atoms with Crippen molar-refractivity contribution in [3.63, 3.8) is 0 Å². The largest absolute Gasteiger partial charge is 0.343 e. The van der Waals surface area contributed by atoms with Crippen molar-refractivity contribution in [3.05, 3.63) is 59.4 Å². The Hall–Kier alpha value is -2.42. The monoisotopic (exact) mass is 307 g/mol. The van der Waals surface area contributed by atoms with Crippen molar-refractivity contribution in [2.24, 2.45) is 21.1 Å². The lowest BCUT2D eigenvalue weighted by Gasteiger charge is -2.11. The summed E-state index contributed by atoms with van der Waals surface area (Å²) in [6.45, 7) is 6.53. The minimum Gasteiger partial charge on any atom is -0.343 e. The summed E-state index contributed by atoms with van der Waals surface area (Å²) in [4.78, 5) is 0. The summed E-state index contributed by atoms with van der Waals surface area (Å²) in [5, 5.41) is 0. The van der Waals surface area contributed by atoms with Crippen LogP contribution in [0.1, 0.15) is 16.8 Å². The number of pyridine rings is 2. The molecule has 3 aromatic heterocycles. The van der Waals surface area contributed by atoms with E-state index in [2.05, 4.69) is 98.2 Å². The number of aromatic nitrogens is 3. The standard InChI is InChI=1S/C20H25N3/c1-14-13-15(2)20(18-11-10-16(3)22(18)5)23(6)19(14)17-9-7-8-12-21(17)4/h7-13H,1-6H3/q+2. The molecular formula is C20H25N3+2. The molecule has 0 saturated heterocycles. The molecule has 0 spiro atoms. The first-order valence-electron chi connectivity index (χ1n) is 7.99. The molecule has 0 aliphatic carbocycles. The van der Waals surface area contributed by atoms with Crippen LogP contribution in [0.4, 0.5) is 0 Å². The Bertz CT molecular complexity index is 888. The van der Waals surface area contributed by atoms with Crippen LogP contribution in [0.15, 0.2) is 42.6 Å². The average Bonchev–Trinajstić information content (AvgIpc) is 2.81. The van der Waals surface area contributed by atoms with Gasteiger partial charge in [-0.25, -0.2) is 0 Å². The van der Waals surface area contributed by atoms with Gasteiger partial charge in [-0.15, -0.1) is 0 Å². The van der Waals surface area contributed by atoms with Crippen LogP contribution in [0.5, 0.6) is 0 Å². The Kier molecular flexibility index (Phi) is 3.80. The molecule has 0 atom stereocenters. The zero-order valence-electron chi connectivity index (χ0n) is 14.9. The van der Waals surface area contributed by atoms with E-state index in [1.54, 1.807) is 0 Å². The van der Waals surface area contributed by atoms with E-state index >= 15 is 0 Å². The van der Waals surface area contributed by atoms with Gasteiger partial charge in [-0.3, -0.25) is 0 Å². The lowest BCUT2D eigenvalue weighted by molar-refractivity contribution is -0.685. The minimum atomic E-state index is 1.22. The molecule has 118 valence electrons. The fraction of sp³-hybridized carbons (Fsp3) is 0.300. The lowest BCUT2D eigenvalue weighted by Crippen LogP contribution is -2.41. The summed E-state index contributed by atoms with van der Waals surface area (Å²) in [6, 6.07) is 13.0. The quantitative estimate of drug-likeness (QED) is 0.646. The second-order valence-electron chi connectivity index (χ2n) is 6.38. The number of rotatable bonds is 2. The van der Waals surface area contributed by atoms with Gasteiger partial charge in [0.15, 0.2) is 6.20 Å². The molecule has 0 bridgehead atoms. The topological polar surface area (TPSA) is 12.7 Å². The van der Waals surface area contributed by atoms with Gasteiger partial charge in [-0.2, -0.15) is 9.13 Å². The molecule has 23 heavy (non-hydrogen) atoms. The molecule has 0 aliphatic heterocycles. The van der Waals surface area contributed by atoms with E-state index in [1.807, 2.05) is 0 Å². The van der Waals surface area contributed by atoms with E-state index in [4.69, 9.17) is 0 Å². The Labute approximate surface area is 138 Å². The van der Waals surface area contributed by atoms with E-state index in [0.29, 0.717) is 0 Å². The first-order valence-corrected chi connectivity index (χ1v) is 7.99. The molecule has 3 aromatic rings. The van der Waals surface area contributed by atoms with Gasteiger partial charge in [0.25, 0.3) is 11.4 Å². The summed E-state index contributed by atoms with van der Waals surface area (Å²) >= 11 is 0. The van der Waals surface area contributed by atoms with Crippen LogP contribution in [0, 0.1) is 20.8 Å². The lowest BCUT2D eigenvalue weighted by atomic mass is 10.0. The fourth-order valence-electron chi connectivity index (χ4n) is 3.47. The molecule has 0 aliphatic rings. The van der Waals surface area contributed by atoms with E-state index < -0.39 is 0 Å². The Morgan fingerprint density at radius 3 is 2.17 bits per heavy atom. The highest BCUT2D eigenvalue weighted by molar-refractivity contribution is 5.62. The zero-order valence-corrected chi connectivity index (χ0v) is 14.9. The highest BCUT2D eigenvalue weighted by Gasteiger charge is 2.28. The Balaban J connectivity index is 2.34. The third kappa shape index (κ3) is 2.46. The third-order valence-corrected chi connectivity index (χ3v) is 4.76. The van der Waals surface area contributed by atoms with Crippen molar-refractivity contribution in [2.75, 3.05) is 0 Å². The molecule has 0 saturated carbocycles. The molecule has 0 radical (unpaired) electrons. The van der Waals surface area contributed by atoms with Gasteiger partial charge in [-0.1, -0.05) is 0 Å². The highest BCUT2D eigenvalue weighted by Crippen LogP contribution is 2.26. The molecular weight excluding hydrogens is 282 g/mol. The summed E-state index contributed by atoms with van der Waals surface area (Å²) in [7, 11) is 6.40. The normalized spacial score (nSPS) is 11.0. The zero-order chi connectivity index (χ0) is 16.7. The number of nitrogens with zero attached hydrogens (tertiary/aromatic N) is 3. The predicted octanol–water partition coefficient (Wildman–Crippen LogP) is 2.93. The molecule has 3 rings (SSSR count). The summed E-state index contributed by atoms with van der Waals surface area (Å²) in [5.41, 5.74) is 8.86. The van der Waals surface area contributed by atoms with Gasteiger partial charge in [0, 0.05) is 36.0 Å². The van der Waals surface area contributed by atoms with Crippen LogP contribution >= 0.6 is 0 Å². The maximum Gasteiger partial charge on any atom is 0.280 e. The fourth-order valence-corrected chi connectivity index (χ4v) is 3.47. The minimum absolute atomic E-state index is 1.22. The van der Waals surface area contributed by atoms with Gasteiger partial charge < -0.3 is 4.57 Å². The molecule has 3 nitrogen and oxygen atoms in total. The van der Waals surface area contributed by atoms with Crippen molar-refractivity contribution in [2.45, 2.75) is 20.8 Å². The predicted molar refractivity (Wildman–Crippen MR) is 92.8 cm³/mol. The number of hydrogen-bond donors (Lipinski definition) is 0. The molecule has 0 aromatic carbocycles. The second-order valence-corrected chi connectivity index (χ2v) is 6.38. The first kappa shape index (κ1) is 15.5. The van der Waals surface area contributed by atoms with Gasteiger partial charge in [-0.05, 0) is 45.0 Å². The average molecular weight is 307 g/mol. The van der Waals surface area contributed by atoms with E-state index in [0.717, 1.165) is 0 Å². The molecule has 3 heteroatoms. The van der Waals surface area contributed by atoms with Crippen LogP contribution in [-0.4, -0.2) is 4.57 Å². The summed E-state index contributed by atoms with van der Waals surface area (Å²) in [6.07, 6.45) is 2.10. The number of hydrogen-bond acceptors (Lipinski definition) is 0. The summed E-state index contributed by atoms with van der Waals surface area (Å²) < 4.78 is 6.76. The molecule has 0 unspecified atom stereocenters. The molecule has 0 N–H and O–H groups in total. The van der Waals surface area contributed by atoms with Crippen molar-refractivity contribution in [1.82, 2.24) is 4.57 Å². The van der Waals surface area contributed by atoms with Gasteiger partial charge >= 0.3 is 0 Å². The van der Waals surface area contributed by atoms with Crippen LogP contribution in [-0.2, 0) is 21.1 Å². The third-order valence-electron chi connectivity index (χ3n) is 4.76. The second kappa shape index (κ2) is 5.65. The highest BCUT2D eigenvalue weighted by atomic mass is 15.0. The van der Waals surface area contributed by atoms with Crippen molar-refractivity contribution in [3.8, 4) is 22.8 Å². The van der Waals surface area contributed by atoms with Gasteiger partial charge in [0.1, 0.15) is 19.8 Å². The van der Waals surface area contributed by atoms with Crippen LogP contribution < -0.4 is 9.13 Å².